The van der Waals surface area contributed by atoms with Crippen LogP contribution in [-0.4, -0.2) is 0 Å². The van der Waals surface area contributed by atoms with Gasteiger partial charge in [-0.2, -0.15) is 0 Å². The summed E-state index contributed by atoms with van der Waals surface area (Å²) in [7, 11) is 0. The fraction of sp³-hybridized carbons (Fsp3) is 0.0667. The lowest BCUT2D eigenvalue weighted by Crippen LogP contribution is -2.14. The second-order valence-corrected chi connectivity index (χ2v) is 13.2. The van der Waals surface area contributed by atoms with Crippen LogP contribution in [0.4, 0.5) is 0 Å². The highest BCUT2D eigenvalue weighted by Crippen LogP contribution is 2.51. The van der Waals surface area contributed by atoms with Crippen LogP contribution in [0.1, 0.15) is 25.0 Å². The predicted octanol–water partition coefficient (Wildman–Crippen LogP) is 12.7. The van der Waals surface area contributed by atoms with Gasteiger partial charge in [0, 0.05) is 16.2 Å². The first-order valence-electron chi connectivity index (χ1n) is 16.1. The van der Waals surface area contributed by atoms with Crippen LogP contribution in [0, 0.1) is 0 Å². The number of furan rings is 1. The maximum Gasteiger partial charge on any atom is 0.136 e. The van der Waals surface area contributed by atoms with Crippen LogP contribution in [0.25, 0.3) is 87.6 Å². The molecule has 0 N–H and O–H groups in total. The Bertz CT molecular complexity index is 2660. The van der Waals surface area contributed by atoms with Crippen molar-refractivity contribution in [3.05, 3.63) is 157 Å². The average Bonchev–Trinajstić information content (AvgIpc) is 3.59. The SMILES string of the molecule is CC1(C)c2ccccc2-c2ccc(-c3c4ccccc4c(-c4ccc5c(ccc6oc7ccccc7c65)c4)c4ccccc34)cc21. The summed E-state index contributed by atoms with van der Waals surface area (Å²) in [5.74, 6) is 0. The number of rotatable bonds is 2. The minimum absolute atomic E-state index is 0.0513. The first kappa shape index (κ1) is 25.6. The lowest BCUT2D eigenvalue weighted by molar-refractivity contribution is 0.660. The minimum Gasteiger partial charge on any atom is -0.456 e. The largest absolute Gasteiger partial charge is 0.456 e. The van der Waals surface area contributed by atoms with E-state index in [0.717, 1.165) is 16.6 Å². The lowest BCUT2D eigenvalue weighted by atomic mass is 9.80. The molecular formula is C45H30O. The zero-order chi connectivity index (χ0) is 30.6. The first-order chi connectivity index (χ1) is 22.6. The average molecular weight is 587 g/mol. The number of fused-ring (bicyclic) bond motifs is 10. The molecule has 1 nitrogen and oxygen atoms in total. The summed E-state index contributed by atoms with van der Waals surface area (Å²) in [4.78, 5) is 0. The second kappa shape index (κ2) is 9.19. The van der Waals surface area contributed by atoms with Gasteiger partial charge in [0.15, 0.2) is 0 Å². The molecule has 0 amide bonds. The quantitative estimate of drug-likeness (QED) is 0.184. The summed E-state index contributed by atoms with van der Waals surface area (Å²) in [5, 5.41) is 9.89. The van der Waals surface area contributed by atoms with E-state index in [0.29, 0.717) is 0 Å². The summed E-state index contributed by atoms with van der Waals surface area (Å²) in [6.07, 6.45) is 0. The van der Waals surface area contributed by atoms with Crippen LogP contribution < -0.4 is 0 Å². The zero-order valence-electron chi connectivity index (χ0n) is 25.8. The summed E-state index contributed by atoms with van der Waals surface area (Å²) in [6.45, 7) is 4.72. The van der Waals surface area contributed by atoms with Crippen LogP contribution in [0.2, 0.25) is 0 Å². The van der Waals surface area contributed by atoms with Gasteiger partial charge in [-0.25, -0.2) is 0 Å². The highest BCUT2D eigenvalue weighted by Gasteiger charge is 2.35. The van der Waals surface area contributed by atoms with Crippen molar-refractivity contribution >= 4 is 54.3 Å². The van der Waals surface area contributed by atoms with Gasteiger partial charge in [-0.05, 0) is 101 Å². The van der Waals surface area contributed by atoms with E-state index in [-0.39, 0.29) is 5.41 Å². The van der Waals surface area contributed by atoms with E-state index in [1.165, 1.54) is 82.2 Å². The van der Waals surface area contributed by atoms with E-state index in [1.54, 1.807) is 0 Å². The van der Waals surface area contributed by atoms with Gasteiger partial charge in [0.1, 0.15) is 11.2 Å². The van der Waals surface area contributed by atoms with Crippen molar-refractivity contribution in [1.82, 2.24) is 0 Å². The van der Waals surface area contributed by atoms with Crippen molar-refractivity contribution in [3.8, 4) is 33.4 Å². The van der Waals surface area contributed by atoms with Crippen LogP contribution >= 0.6 is 0 Å². The molecule has 9 aromatic rings. The fourth-order valence-electron chi connectivity index (χ4n) is 8.32. The molecule has 1 heterocycles. The molecule has 216 valence electrons. The van der Waals surface area contributed by atoms with Crippen LogP contribution in [0.5, 0.6) is 0 Å². The van der Waals surface area contributed by atoms with Crippen molar-refractivity contribution in [3.63, 3.8) is 0 Å². The van der Waals surface area contributed by atoms with E-state index in [2.05, 4.69) is 153 Å². The maximum absolute atomic E-state index is 6.20. The Labute approximate surface area is 267 Å². The predicted molar refractivity (Wildman–Crippen MR) is 195 cm³/mol. The molecule has 1 heteroatoms. The van der Waals surface area contributed by atoms with Crippen molar-refractivity contribution in [2.75, 3.05) is 0 Å². The zero-order valence-corrected chi connectivity index (χ0v) is 25.8. The molecule has 0 unspecified atom stereocenters. The lowest BCUT2D eigenvalue weighted by Gasteiger charge is -2.23. The van der Waals surface area contributed by atoms with Crippen molar-refractivity contribution in [1.29, 1.82) is 0 Å². The summed E-state index contributed by atoms with van der Waals surface area (Å²) >= 11 is 0. The van der Waals surface area contributed by atoms with Crippen LogP contribution in [0.3, 0.4) is 0 Å². The molecule has 0 atom stereocenters. The number of benzene rings is 8. The highest BCUT2D eigenvalue weighted by atomic mass is 16.3. The Morgan fingerprint density at radius 3 is 1.70 bits per heavy atom. The van der Waals surface area contributed by atoms with Gasteiger partial charge in [0.2, 0.25) is 0 Å². The third-order valence-electron chi connectivity index (χ3n) is 10.5. The summed E-state index contributed by atoms with van der Waals surface area (Å²) < 4.78 is 6.20. The molecule has 46 heavy (non-hydrogen) atoms. The Morgan fingerprint density at radius 2 is 0.978 bits per heavy atom. The standard InChI is InChI=1S/C45H30O/c1-45(2)38-17-9-7-11-31(38)32-23-20-29(26-39(32)45)43-35-14-5-3-12-33(35)42(34-13-4-6-15-36(34)43)28-19-22-30-27(25-28)21-24-41-44(30)37-16-8-10-18-40(37)46-41/h3-26H,1-2H3. The van der Waals surface area contributed by atoms with E-state index < -0.39 is 0 Å². The Balaban J connectivity index is 1.23. The Kier molecular flexibility index (Phi) is 5.12. The van der Waals surface area contributed by atoms with E-state index >= 15 is 0 Å². The van der Waals surface area contributed by atoms with Gasteiger partial charge in [0.25, 0.3) is 0 Å². The number of hydrogen-bond donors (Lipinski definition) is 0. The number of para-hydroxylation sites is 1. The third-order valence-corrected chi connectivity index (χ3v) is 10.5. The van der Waals surface area contributed by atoms with Crippen molar-refractivity contribution in [2.24, 2.45) is 0 Å². The Morgan fingerprint density at radius 1 is 0.413 bits per heavy atom. The van der Waals surface area contributed by atoms with Crippen molar-refractivity contribution in [2.45, 2.75) is 19.3 Å². The molecule has 0 saturated carbocycles. The Hall–Kier alpha value is -5.66. The molecule has 1 aliphatic rings. The topological polar surface area (TPSA) is 13.1 Å². The van der Waals surface area contributed by atoms with E-state index in [1.807, 2.05) is 6.07 Å². The molecule has 8 aromatic carbocycles. The smallest absolute Gasteiger partial charge is 0.136 e. The summed E-state index contributed by atoms with van der Waals surface area (Å²) in [6, 6.07) is 53.5. The van der Waals surface area contributed by atoms with Crippen LogP contribution in [0.15, 0.2) is 150 Å². The van der Waals surface area contributed by atoms with Gasteiger partial charge in [0.05, 0.1) is 0 Å². The monoisotopic (exact) mass is 586 g/mol. The van der Waals surface area contributed by atoms with E-state index in [4.69, 9.17) is 4.42 Å². The first-order valence-corrected chi connectivity index (χ1v) is 16.1. The molecule has 0 spiro atoms. The molecule has 0 aliphatic heterocycles. The highest BCUT2D eigenvalue weighted by molar-refractivity contribution is 6.23. The number of hydrogen-bond acceptors (Lipinski definition) is 1. The van der Waals surface area contributed by atoms with Crippen molar-refractivity contribution < 1.29 is 4.42 Å². The van der Waals surface area contributed by atoms with Gasteiger partial charge >= 0.3 is 0 Å². The summed E-state index contributed by atoms with van der Waals surface area (Å²) in [5.41, 5.74) is 12.4. The molecule has 10 rings (SSSR count). The molecular weight excluding hydrogens is 556 g/mol. The maximum atomic E-state index is 6.20. The fourth-order valence-corrected chi connectivity index (χ4v) is 8.32. The van der Waals surface area contributed by atoms with Gasteiger partial charge in [-0.3, -0.25) is 0 Å². The van der Waals surface area contributed by atoms with E-state index in [9.17, 15) is 0 Å². The van der Waals surface area contributed by atoms with Gasteiger partial charge in [-0.1, -0.05) is 135 Å². The molecule has 1 aliphatic carbocycles. The third kappa shape index (κ3) is 3.40. The molecule has 1 aromatic heterocycles. The molecule has 0 fully saturated rings. The normalized spacial score (nSPS) is 13.6. The second-order valence-electron chi connectivity index (χ2n) is 13.2. The van der Waals surface area contributed by atoms with Crippen LogP contribution in [-0.2, 0) is 5.41 Å². The molecule has 0 saturated heterocycles. The minimum atomic E-state index is -0.0513. The molecule has 0 radical (unpaired) electrons. The molecule has 0 bridgehead atoms. The van der Waals surface area contributed by atoms with Gasteiger partial charge < -0.3 is 4.42 Å². The van der Waals surface area contributed by atoms with Gasteiger partial charge in [-0.15, -0.1) is 0 Å².